The fourth-order valence-corrected chi connectivity index (χ4v) is 0.978. The van der Waals surface area contributed by atoms with Gasteiger partial charge in [0.25, 0.3) is 0 Å². The molecular formula is C9H8O3. The van der Waals surface area contributed by atoms with Gasteiger partial charge in [0.05, 0.1) is 0 Å². The second-order valence-corrected chi connectivity index (χ2v) is 2.45. The lowest BCUT2D eigenvalue weighted by Crippen LogP contribution is -2.12. The summed E-state index contributed by atoms with van der Waals surface area (Å²) in [6.45, 7) is 1.60. The predicted octanol–water partition coefficient (Wildman–Crippen LogP) is 1.05. The summed E-state index contributed by atoms with van der Waals surface area (Å²) in [7, 11) is 0. The Bertz CT molecular complexity index is 368. The standard InChI is InChI=1S/C9H8O3/c1-6-4-2-3-5-7(10)8(6)9(11)12/h2-5H,1H3,(H,11,12). The summed E-state index contributed by atoms with van der Waals surface area (Å²) in [6.07, 6.45) is 0. The Labute approximate surface area is 69.3 Å². The molecule has 0 aliphatic rings. The monoisotopic (exact) mass is 164 g/mol. The Balaban J connectivity index is 3.57. The second kappa shape index (κ2) is 3.17. The minimum Gasteiger partial charge on any atom is -0.478 e. The van der Waals surface area contributed by atoms with Crippen molar-refractivity contribution in [2.45, 2.75) is 6.92 Å². The van der Waals surface area contributed by atoms with E-state index in [1.165, 1.54) is 12.1 Å². The molecule has 0 bridgehead atoms. The van der Waals surface area contributed by atoms with Crippen LogP contribution in [0.1, 0.15) is 15.9 Å². The molecule has 62 valence electrons. The molecule has 12 heavy (non-hydrogen) atoms. The lowest BCUT2D eigenvalue weighted by molar-refractivity contribution is 0.0695. The minimum atomic E-state index is -1.17. The van der Waals surface area contributed by atoms with Crippen molar-refractivity contribution >= 4 is 5.97 Å². The Morgan fingerprint density at radius 2 is 1.92 bits per heavy atom. The summed E-state index contributed by atoms with van der Waals surface area (Å²) >= 11 is 0. The van der Waals surface area contributed by atoms with E-state index in [4.69, 9.17) is 5.11 Å². The zero-order valence-corrected chi connectivity index (χ0v) is 6.57. The Morgan fingerprint density at radius 1 is 1.33 bits per heavy atom. The van der Waals surface area contributed by atoms with Crippen molar-refractivity contribution < 1.29 is 9.90 Å². The normalized spacial score (nSPS) is 9.42. The van der Waals surface area contributed by atoms with Crippen molar-refractivity contribution in [3.05, 3.63) is 45.6 Å². The maximum atomic E-state index is 11.1. The van der Waals surface area contributed by atoms with Gasteiger partial charge >= 0.3 is 5.97 Å². The highest BCUT2D eigenvalue weighted by molar-refractivity contribution is 5.88. The van der Waals surface area contributed by atoms with Gasteiger partial charge in [0, 0.05) is 0 Å². The lowest BCUT2D eigenvalue weighted by Gasteiger charge is -1.91. The van der Waals surface area contributed by atoms with Gasteiger partial charge in [0.1, 0.15) is 5.56 Å². The van der Waals surface area contributed by atoms with Gasteiger partial charge in [-0.2, -0.15) is 0 Å². The first-order valence-corrected chi connectivity index (χ1v) is 3.46. The number of hydrogen-bond acceptors (Lipinski definition) is 2. The molecule has 0 fully saturated rings. The van der Waals surface area contributed by atoms with Crippen molar-refractivity contribution in [1.29, 1.82) is 0 Å². The number of carboxylic acid groups (broad SMARTS) is 1. The number of aryl methyl sites for hydroxylation is 1. The van der Waals surface area contributed by atoms with Crippen LogP contribution in [0.3, 0.4) is 0 Å². The summed E-state index contributed by atoms with van der Waals surface area (Å²) in [6, 6.07) is 6.02. The van der Waals surface area contributed by atoms with Gasteiger partial charge in [0.2, 0.25) is 0 Å². The maximum absolute atomic E-state index is 11.1. The first kappa shape index (κ1) is 8.46. The third-order valence-corrected chi connectivity index (χ3v) is 1.56. The van der Waals surface area contributed by atoms with E-state index in [1.807, 2.05) is 0 Å². The van der Waals surface area contributed by atoms with Crippen LogP contribution in [0.4, 0.5) is 0 Å². The van der Waals surface area contributed by atoms with Gasteiger partial charge in [-0.05, 0) is 18.6 Å². The van der Waals surface area contributed by atoms with Crippen LogP contribution in [0.25, 0.3) is 0 Å². The van der Waals surface area contributed by atoms with Crippen molar-refractivity contribution in [3.63, 3.8) is 0 Å². The molecule has 0 radical (unpaired) electrons. The molecule has 1 N–H and O–H groups in total. The van der Waals surface area contributed by atoms with Crippen molar-refractivity contribution in [1.82, 2.24) is 0 Å². The van der Waals surface area contributed by atoms with Gasteiger partial charge in [-0.15, -0.1) is 0 Å². The largest absolute Gasteiger partial charge is 0.478 e. The summed E-state index contributed by atoms with van der Waals surface area (Å²) in [5.74, 6) is -1.17. The molecule has 0 aliphatic heterocycles. The first-order valence-electron chi connectivity index (χ1n) is 3.46. The Hall–Kier alpha value is -1.64. The summed E-state index contributed by atoms with van der Waals surface area (Å²) in [5, 5.41) is 8.66. The zero-order valence-electron chi connectivity index (χ0n) is 6.57. The average molecular weight is 164 g/mol. The van der Waals surface area contributed by atoms with Crippen LogP contribution < -0.4 is 5.43 Å². The van der Waals surface area contributed by atoms with E-state index in [9.17, 15) is 9.59 Å². The quantitative estimate of drug-likeness (QED) is 0.675. The van der Waals surface area contributed by atoms with Gasteiger partial charge in [-0.25, -0.2) is 4.79 Å². The van der Waals surface area contributed by atoms with Gasteiger partial charge in [-0.3, -0.25) is 4.79 Å². The highest BCUT2D eigenvalue weighted by Crippen LogP contribution is 1.99. The number of carbonyl (C=O) groups is 1. The Morgan fingerprint density at radius 3 is 2.50 bits per heavy atom. The van der Waals surface area contributed by atoms with Crippen LogP contribution in [0.2, 0.25) is 0 Å². The summed E-state index contributed by atoms with van der Waals surface area (Å²) in [5.41, 5.74) is -0.123. The van der Waals surface area contributed by atoms with E-state index in [2.05, 4.69) is 0 Å². The van der Waals surface area contributed by atoms with Crippen molar-refractivity contribution in [3.8, 4) is 0 Å². The molecule has 0 spiro atoms. The molecule has 0 unspecified atom stereocenters. The maximum Gasteiger partial charge on any atom is 0.339 e. The van der Waals surface area contributed by atoms with Crippen LogP contribution >= 0.6 is 0 Å². The summed E-state index contributed by atoms with van der Waals surface area (Å²) in [4.78, 5) is 21.7. The van der Waals surface area contributed by atoms with Crippen LogP contribution in [-0.4, -0.2) is 11.1 Å². The number of hydrogen-bond donors (Lipinski definition) is 1. The fourth-order valence-electron chi connectivity index (χ4n) is 0.978. The van der Waals surface area contributed by atoms with E-state index in [1.54, 1.807) is 19.1 Å². The molecule has 0 aromatic heterocycles. The van der Waals surface area contributed by atoms with E-state index in [-0.39, 0.29) is 5.56 Å². The molecule has 0 atom stereocenters. The molecule has 0 saturated carbocycles. The van der Waals surface area contributed by atoms with Gasteiger partial charge in [0.15, 0.2) is 5.43 Å². The third kappa shape index (κ3) is 1.50. The van der Waals surface area contributed by atoms with E-state index < -0.39 is 11.4 Å². The van der Waals surface area contributed by atoms with E-state index >= 15 is 0 Å². The smallest absolute Gasteiger partial charge is 0.339 e. The molecule has 3 heteroatoms. The van der Waals surface area contributed by atoms with E-state index in [0.29, 0.717) is 5.56 Å². The van der Waals surface area contributed by atoms with Crippen molar-refractivity contribution in [2.24, 2.45) is 0 Å². The van der Waals surface area contributed by atoms with Crippen LogP contribution in [0.5, 0.6) is 0 Å². The molecule has 0 heterocycles. The number of carboxylic acids is 1. The van der Waals surface area contributed by atoms with Crippen molar-refractivity contribution in [2.75, 3.05) is 0 Å². The third-order valence-electron chi connectivity index (χ3n) is 1.56. The molecule has 3 nitrogen and oxygen atoms in total. The Kier molecular flexibility index (Phi) is 2.24. The fraction of sp³-hybridized carbons (Fsp3) is 0.111. The highest BCUT2D eigenvalue weighted by atomic mass is 16.4. The van der Waals surface area contributed by atoms with Crippen LogP contribution in [0, 0.1) is 6.92 Å². The average Bonchev–Trinajstić information content (AvgIpc) is 2.11. The second-order valence-electron chi connectivity index (χ2n) is 2.45. The molecule has 0 saturated heterocycles. The van der Waals surface area contributed by atoms with Crippen LogP contribution in [-0.2, 0) is 0 Å². The number of rotatable bonds is 1. The topological polar surface area (TPSA) is 54.4 Å². The molecule has 1 aromatic carbocycles. The van der Waals surface area contributed by atoms with Gasteiger partial charge < -0.3 is 5.11 Å². The van der Waals surface area contributed by atoms with Gasteiger partial charge in [-0.1, -0.05) is 18.2 Å². The minimum absolute atomic E-state index is 0.153. The predicted molar refractivity (Wildman–Crippen MR) is 44.4 cm³/mol. The SMILES string of the molecule is Cc1ccccc(=O)c1C(=O)O. The number of aromatic carboxylic acids is 1. The van der Waals surface area contributed by atoms with E-state index in [0.717, 1.165) is 0 Å². The molecule has 0 amide bonds. The summed E-state index contributed by atoms with van der Waals surface area (Å²) < 4.78 is 0. The highest BCUT2D eigenvalue weighted by Gasteiger charge is 2.08. The molecule has 1 aromatic rings. The first-order chi connectivity index (χ1) is 5.63. The molecule has 0 aliphatic carbocycles. The molecular weight excluding hydrogens is 156 g/mol. The molecule has 1 rings (SSSR count). The van der Waals surface area contributed by atoms with Crippen LogP contribution in [0.15, 0.2) is 29.1 Å². The lowest BCUT2D eigenvalue weighted by atomic mass is 10.2. The zero-order chi connectivity index (χ0) is 9.14.